The van der Waals surface area contributed by atoms with Gasteiger partial charge in [0.1, 0.15) is 0 Å². The summed E-state index contributed by atoms with van der Waals surface area (Å²) in [5.74, 6) is 0.330. The molecule has 0 aromatic heterocycles. The van der Waals surface area contributed by atoms with Gasteiger partial charge in [0, 0.05) is 16.0 Å². The highest BCUT2D eigenvalue weighted by Gasteiger charge is 2.33. The molecule has 0 aliphatic heterocycles. The van der Waals surface area contributed by atoms with Crippen molar-refractivity contribution in [3.63, 3.8) is 0 Å². The highest BCUT2D eigenvalue weighted by Crippen LogP contribution is 2.37. The van der Waals surface area contributed by atoms with Gasteiger partial charge >= 0.3 is 6.18 Å². The van der Waals surface area contributed by atoms with Gasteiger partial charge in [0.05, 0.1) is 5.56 Å². The first-order valence-corrected chi connectivity index (χ1v) is 5.75. The molecule has 0 fully saturated rings. The topological polar surface area (TPSA) is 0 Å². The molecule has 84 valence electrons. The van der Waals surface area contributed by atoms with Gasteiger partial charge in [0.15, 0.2) is 0 Å². The molecule has 1 rings (SSSR count). The van der Waals surface area contributed by atoms with E-state index in [-0.39, 0.29) is 10.1 Å². The monoisotopic (exact) mass is 254 g/mol. The molecule has 0 radical (unpaired) electrons. The maximum Gasteiger partial charge on any atom is 0.417 e. The SMILES string of the molecule is CC(CCl)Sc1ccccc1C(F)(F)F. The van der Waals surface area contributed by atoms with Crippen LogP contribution in [-0.2, 0) is 6.18 Å². The van der Waals surface area contributed by atoms with Crippen LogP contribution >= 0.6 is 23.4 Å². The highest BCUT2D eigenvalue weighted by molar-refractivity contribution is 8.00. The zero-order valence-corrected chi connectivity index (χ0v) is 9.59. The number of hydrogen-bond donors (Lipinski definition) is 0. The quantitative estimate of drug-likeness (QED) is 0.568. The molecular formula is C10H10ClF3S. The van der Waals surface area contributed by atoms with Gasteiger partial charge in [-0.15, -0.1) is 23.4 Å². The van der Waals surface area contributed by atoms with E-state index in [9.17, 15) is 13.2 Å². The van der Waals surface area contributed by atoms with E-state index in [2.05, 4.69) is 0 Å². The van der Waals surface area contributed by atoms with Gasteiger partial charge in [-0.25, -0.2) is 0 Å². The first-order chi connectivity index (χ1) is 6.95. The maximum atomic E-state index is 12.6. The standard InChI is InChI=1S/C10H10ClF3S/c1-7(6-11)15-9-5-3-2-4-8(9)10(12,13)14/h2-5,7H,6H2,1H3. The lowest BCUT2D eigenvalue weighted by atomic mass is 10.2. The normalized spacial score (nSPS) is 13.9. The Morgan fingerprint density at radius 3 is 2.47 bits per heavy atom. The van der Waals surface area contributed by atoms with E-state index in [0.29, 0.717) is 5.88 Å². The molecular weight excluding hydrogens is 245 g/mol. The van der Waals surface area contributed by atoms with E-state index >= 15 is 0 Å². The van der Waals surface area contributed by atoms with E-state index in [1.54, 1.807) is 13.0 Å². The molecule has 0 heterocycles. The second kappa shape index (κ2) is 5.12. The van der Waals surface area contributed by atoms with Crippen LogP contribution in [0.25, 0.3) is 0 Å². The number of alkyl halides is 4. The molecule has 0 saturated heterocycles. The third-order valence-electron chi connectivity index (χ3n) is 1.74. The molecule has 1 aromatic carbocycles. The van der Waals surface area contributed by atoms with Crippen molar-refractivity contribution in [2.45, 2.75) is 23.2 Å². The Kier molecular flexibility index (Phi) is 4.34. The lowest BCUT2D eigenvalue weighted by molar-refractivity contribution is -0.139. The van der Waals surface area contributed by atoms with Crippen molar-refractivity contribution in [2.75, 3.05) is 5.88 Å². The molecule has 0 aliphatic rings. The Balaban J connectivity index is 2.97. The minimum Gasteiger partial charge on any atom is -0.166 e. The maximum absolute atomic E-state index is 12.6. The van der Waals surface area contributed by atoms with E-state index in [0.717, 1.165) is 17.8 Å². The first-order valence-electron chi connectivity index (χ1n) is 4.34. The number of rotatable bonds is 3. The van der Waals surface area contributed by atoms with Crippen molar-refractivity contribution < 1.29 is 13.2 Å². The molecule has 15 heavy (non-hydrogen) atoms. The van der Waals surface area contributed by atoms with Crippen molar-refractivity contribution in [1.29, 1.82) is 0 Å². The largest absolute Gasteiger partial charge is 0.417 e. The molecule has 0 N–H and O–H groups in total. The summed E-state index contributed by atoms with van der Waals surface area (Å²) in [5.41, 5.74) is -0.591. The molecule has 1 aromatic rings. The molecule has 0 spiro atoms. The predicted molar refractivity (Wildman–Crippen MR) is 57.5 cm³/mol. The van der Waals surface area contributed by atoms with Crippen molar-refractivity contribution in [1.82, 2.24) is 0 Å². The van der Waals surface area contributed by atoms with Crippen LogP contribution in [0.3, 0.4) is 0 Å². The molecule has 1 atom stereocenters. The molecule has 0 saturated carbocycles. The average Bonchev–Trinajstić information content (AvgIpc) is 2.17. The van der Waals surface area contributed by atoms with E-state index in [4.69, 9.17) is 11.6 Å². The Bertz CT molecular complexity index is 325. The van der Waals surface area contributed by atoms with Crippen molar-refractivity contribution in [2.24, 2.45) is 0 Å². The van der Waals surface area contributed by atoms with Crippen molar-refractivity contribution in [3.8, 4) is 0 Å². The van der Waals surface area contributed by atoms with Gasteiger partial charge < -0.3 is 0 Å². The van der Waals surface area contributed by atoms with Crippen LogP contribution in [0.4, 0.5) is 13.2 Å². The number of thioether (sulfide) groups is 1. The van der Waals surface area contributed by atoms with Crippen LogP contribution in [0, 0.1) is 0 Å². The van der Waals surface area contributed by atoms with Crippen LogP contribution in [0.5, 0.6) is 0 Å². The summed E-state index contributed by atoms with van der Waals surface area (Å²) in [6.45, 7) is 1.80. The second-order valence-electron chi connectivity index (χ2n) is 3.08. The summed E-state index contributed by atoms with van der Waals surface area (Å²) < 4.78 is 37.7. The fraction of sp³-hybridized carbons (Fsp3) is 0.400. The summed E-state index contributed by atoms with van der Waals surface area (Å²) in [6, 6.07) is 5.54. The molecule has 0 aliphatic carbocycles. The van der Waals surface area contributed by atoms with Crippen LogP contribution < -0.4 is 0 Å². The summed E-state index contributed by atoms with van der Waals surface area (Å²) in [6.07, 6.45) is -4.30. The van der Waals surface area contributed by atoms with Gasteiger partial charge in [-0.05, 0) is 12.1 Å². The summed E-state index contributed by atoms with van der Waals surface area (Å²) in [4.78, 5) is 0.234. The fourth-order valence-electron chi connectivity index (χ4n) is 1.05. The van der Waals surface area contributed by atoms with Crippen LogP contribution in [-0.4, -0.2) is 11.1 Å². The molecule has 5 heteroatoms. The minimum atomic E-state index is -4.30. The van der Waals surface area contributed by atoms with Gasteiger partial charge in [-0.3, -0.25) is 0 Å². The van der Waals surface area contributed by atoms with Crippen LogP contribution in [0.15, 0.2) is 29.2 Å². The van der Waals surface area contributed by atoms with Crippen molar-refractivity contribution in [3.05, 3.63) is 29.8 Å². The Hall–Kier alpha value is -0.350. The number of halogens is 4. The predicted octanol–water partition coefficient (Wildman–Crippen LogP) is 4.42. The third kappa shape index (κ3) is 3.61. The Labute approximate surface area is 95.8 Å². The van der Waals surface area contributed by atoms with E-state index < -0.39 is 11.7 Å². The highest BCUT2D eigenvalue weighted by atomic mass is 35.5. The van der Waals surface area contributed by atoms with E-state index in [1.165, 1.54) is 12.1 Å². The van der Waals surface area contributed by atoms with Crippen LogP contribution in [0.1, 0.15) is 12.5 Å². The lowest BCUT2D eigenvalue weighted by Crippen LogP contribution is -2.08. The van der Waals surface area contributed by atoms with E-state index in [1.807, 2.05) is 0 Å². The Morgan fingerprint density at radius 2 is 1.93 bits per heavy atom. The lowest BCUT2D eigenvalue weighted by Gasteiger charge is -2.14. The van der Waals surface area contributed by atoms with Gasteiger partial charge in [-0.2, -0.15) is 13.2 Å². The number of benzene rings is 1. The fourth-order valence-corrected chi connectivity index (χ4v) is 2.21. The number of hydrogen-bond acceptors (Lipinski definition) is 1. The zero-order chi connectivity index (χ0) is 11.5. The van der Waals surface area contributed by atoms with Gasteiger partial charge in [0.2, 0.25) is 0 Å². The molecule has 0 amide bonds. The first kappa shape index (κ1) is 12.7. The third-order valence-corrected chi connectivity index (χ3v) is 3.56. The molecule has 1 unspecified atom stereocenters. The summed E-state index contributed by atoms with van der Waals surface area (Å²) in [7, 11) is 0. The molecule has 0 bridgehead atoms. The molecule has 0 nitrogen and oxygen atoms in total. The van der Waals surface area contributed by atoms with Crippen LogP contribution in [0.2, 0.25) is 0 Å². The smallest absolute Gasteiger partial charge is 0.166 e. The summed E-state index contributed by atoms with van der Waals surface area (Å²) in [5, 5.41) is -0.0323. The zero-order valence-electron chi connectivity index (χ0n) is 8.01. The second-order valence-corrected chi connectivity index (χ2v) is 4.87. The Morgan fingerprint density at radius 1 is 1.33 bits per heavy atom. The minimum absolute atomic E-state index is 0.0323. The van der Waals surface area contributed by atoms with Gasteiger partial charge in [0.25, 0.3) is 0 Å². The van der Waals surface area contributed by atoms with Gasteiger partial charge in [-0.1, -0.05) is 19.1 Å². The summed E-state index contributed by atoms with van der Waals surface area (Å²) >= 11 is 6.71. The average molecular weight is 255 g/mol. The van der Waals surface area contributed by atoms with Crippen molar-refractivity contribution >= 4 is 23.4 Å².